The summed E-state index contributed by atoms with van der Waals surface area (Å²) in [6.07, 6.45) is 12.5. The molecule has 1 aliphatic heterocycles. The Hall–Kier alpha value is -3.76. The highest BCUT2D eigenvalue weighted by atomic mass is 16.3. The molecule has 0 spiro atoms. The fourth-order valence-corrected chi connectivity index (χ4v) is 6.35. The highest BCUT2D eigenvalue weighted by molar-refractivity contribution is 5.97. The quantitative estimate of drug-likeness (QED) is 0.201. The van der Waals surface area contributed by atoms with Gasteiger partial charge in [0, 0.05) is 60.4 Å². The predicted molar refractivity (Wildman–Crippen MR) is 160 cm³/mol. The summed E-state index contributed by atoms with van der Waals surface area (Å²) in [4.78, 5) is 21.2. The van der Waals surface area contributed by atoms with Gasteiger partial charge in [0.15, 0.2) is 5.76 Å². The maximum absolute atomic E-state index is 12.8. The Labute approximate surface area is 236 Å². The number of rotatable bonds is 8. The van der Waals surface area contributed by atoms with Gasteiger partial charge in [0.05, 0.1) is 11.6 Å². The number of nitriles is 1. The van der Waals surface area contributed by atoms with Gasteiger partial charge in [-0.3, -0.25) is 9.69 Å². The number of carbonyl (C=O) groups excluding carboxylic acids is 1. The Morgan fingerprint density at radius 2 is 1.82 bits per heavy atom. The van der Waals surface area contributed by atoms with Crippen LogP contribution in [-0.2, 0) is 6.42 Å². The van der Waals surface area contributed by atoms with Crippen LogP contribution < -0.4 is 10.2 Å². The van der Waals surface area contributed by atoms with Crippen molar-refractivity contribution in [1.82, 2.24) is 15.2 Å². The van der Waals surface area contributed by atoms with Crippen LogP contribution in [0.4, 0.5) is 5.69 Å². The molecule has 1 saturated carbocycles. The molecule has 6 rings (SSSR count). The van der Waals surface area contributed by atoms with Gasteiger partial charge in [-0.15, -0.1) is 0 Å². The minimum Gasteiger partial charge on any atom is -0.451 e. The summed E-state index contributed by atoms with van der Waals surface area (Å²) in [5.41, 5.74) is 5.09. The molecule has 1 amide bonds. The number of aromatic amines is 1. The van der Waals surface area contributed by atoms with Crippen molar-refractivity contribution in [3.8, 4) is 6.07 Å². The highest BCUT2D eigenvalue weighted by Gasteiger charge is 2.21. The summed E-state index contributed by atoms with van der Waals surface area (Å²) in [5, 5.41) is 14.6. The van der Waals surface area contributed by atoms with E-state index in [9.17, 15) is 10.1 Å². The maximum atomic E-state index is 12.8. The molecule has 2 aromatic heterocycles. The molecule has 40 heavy (non-hydrogen) atoms. The number of nitrogens with zero attached hydrogens (tertiary/aromatic N) is 3. The van der Waals surface area contributed by atoms with Crippen molar-refractivity contribution in [3.63, 3.8) is 0 Å². The minimum atomic E-state index is -0.0881. The van der Waals surface area contributed by atoms with Gasteiger partial charge in [-0.25, -0.2) is 0 Å². The van der Waals surface area contributed by atoms with E-state index in [0.717, 1.165) is 81.3 Å². The van der Waals surface area contributed by atoms with E-state index < -0.39 is 0 Å². The predicted octanol–water partition coefficient (Wildman–Crippen LogP) is 6.38. The number of aryl methyl sites for hydroxylation is 1. The number of piperazine rings is 1. The molecule has 2 aromatic carbocycles. The van der Waals surface area contributed by atoms with Crippen LogP contribution in [0.15, 0.2) is 53.1 Å². The third-order valence-electron chi connectivity index (χ3n) is 8.72. The molecule has 0 bridgehead atoms. The lowest BCUT2D eigenvalue weighted by Gasteiger charge is -2.36. The van der Waals surface area contributed by atoms with Gasteiger partial charge in [-0.05, 0) is 86.7 Å². The Morgan fingerprint density at radius 1 is 1.00 bits per heavy atom. The van der Waals surface area contributed by atoms with Gasteiger partial charge in [-0.2, -0.15) is 5.26 Å². The smallest absolute Gasteiger partial charge is 0.287 e. The van der Waals surface area contributed by atoms with Gasteiger partial charge in [0.2, 0.25) is 0 Å². The molecule has 4 aromatic rings. The number of benzene rings is 2. The third-order valence-corrected chi connectivity index (χ3v) is 8.72. The number of amides is 1. The van der Waals surface area contributed by atoms with E-state index in [1.165, 1.54) is 42.3 Å². The van der Waals surface area contributed by atoms with Crippen molar-refractivity contribution in [3.05, 3.63) is 65.5 Å². The zero-order valence-corrected chi connectivity index (χ0v) is 23.3. The van der Waals surface area contributed by atoms with Crippen LogP contribution >= 0.6 is 0 Å². The number of anilines is 1. The topological polar surface area (TPSA) is 88.3 Å². The number of unbranched alkanes of at least 4 members (excludes halogenated alkanes) is 1. The SMILES string of the molecule is N#Cc1ccc2[nH]cc(CCCCN3CCN(c4ccc5oc(C(=O)NC6CCCCCC6)cc5c4)CC3)c2c1. The standard InChI is InChI=1S/C33H39N5O2/c34-22-24-10-12-30-29(19-24)25(23-35-30)7-5-6-14-37-15-17-38(18-16-37)28-11-13-31-26(20-28)21-32(40-31)33(39)36-27-8-3-1-2-4-9-27/h10-13,19-21,23,27,35H,1-9,14-18H2,(H,36,39). The summed E-state index contributed by atoms with van der Waals surface area (Å²) in [6, 6.07) is 16.6. The number of hydrogen-bond donors (Lipinski definition) is 2. The van der Waals surface area contributed by atoms with Crippen LogP contribution in [0, 0.1) is 11.3 Å². The first-order chi connectivity index (χ1) is 19.7. The Kier molecular flexibility index (Phi) is 8.06. The van der Waals surface area contributed by atoms with Crippen molar-refractivity contribution >= 4 is 33.5 Å². The summed E-state index contributed by atoms with van der Waals surface area (Å²) < 4.78 is 5.92. The number of furan rings is 1. The molecule has 2 N–H and O–H groups in total. The van der Waals surface area contributed by atoms with Gasteiger partial charge in [-0.1, -0.05) is 25.7 Å². The number of carbonyl (C=O) groups is 1. The molecule has 1 saturated heterocycles. The Balaban J connectivity index is 0.977. The fourth-order valence-electron chi connectivity index (χ4n) is 6.35. The zero-order valence-electron chi connectivity index (χ0n) is 23.3. The fraction of sp³-hybridized carbons (Fsp3) is 0.455. The molecule has 1 aliphatic carbocycles. The molecular formula is C33H39N5O2. The molecule has 0 radical (unpaired) electrons. The monoisotopic (exact) mass is 537 g/mol. The second-order valence-electron chi connectivity index (χ2n) is 11.5. The summed E-state index contributed by atoms with van der Waals surface area (Å²) >= 11 is 0. The lowest BCUT2D eigenvalue weighted by atomic mass is 10.1. The van der Waals surface area contributed by atoms with Crippen LogP contribution in [0.5, 0.6) is 0 Å². The highest BCUT2D eigenvalue weighted by Crippen LogP contribution is 2.27. The molecule has 208 valence electrons. The van der Waals surface area contributed by atoms with Crippen LogP contribution in [-0.4, -0.2) is 54.6 Å². The lowest BCUT2D eigenvalue weighted by molar-refractivity contribution is 0.0907. The molecular weight excluding hydrogens is 498 g/mol. The van der Waals surface area contributed by atoms with E-state index in [1.807, 2.05) is 30.3 Å². The van der Waals surface area contributed by atoms with E-state index in [0.29, 0.717) is 11.3 Å². The number of fused-ring (bicyclic) bond motifs is 2. The van der Waals surface area contributed by atoms with Crippen LogP contribution in [0.3, 0.4) is 0 Å². The van der Waals surface area contributed by atoms with Crippen LogP contribution in [0.1, 0.15) is 73.0 Å². The Morgan fingerprint density at radius 3 is 2.62 bits per heavy atom. The van der Waals surface area contributed by atoms with Gasteiger partial charge in [0.25, 0.3) is 5.91 Å². The van der Waals surface area contributed by atoms with Crippen molar-refractivity contribution < 1.29 is 9.21 Å². The van der Waals surface area contributed by atoms with E-state index in [1.54, 1.807) is 0 Å². The first-order valence-corrected chi connectivity index (χ1v) is 15.0. The zero-order chi connectivity index (χ0) is 27.3. The number of H-pyrrole nitrogens is 1. The van der Waals surface area contributed by atoms with Gasteiger partial charge >= 0.3 is 0 Å². The van der Waals surface area contributed by atoms with Crippen molar-refractivity contribution in [2.24, 2.45) is 0 Å². The molecule has 0 atom stereocenters. The molecule has 7 nitrogen and oxygen atoms in total. The van der Waals surface area contributed by atoms with E-state index in [-0.39, 0.29) is 11.9 Å². The minimum absolute atomic E-state index is 0.0881. The van der Waals surface area contributed by atoms with Crippen molar-refractivity contribution in [2.75, 3.05) is 37.6 Å². The number of hydrogen-bond acceptors (Lipinski definition) is 5. The molecule has 3 heterocycles. The second kappa shape index (κ2) is 12.2. The van der Waals surface area contributed by atoms with Gasteiger partial charge in [0.1, 0.15) is 5.58 Å². The maximum Gasteiger partial charge on any atom is 0.287 e. The summed E-state index contributed by atoms with van der Waals surface area (Å²) in [6.45, 7) is 5.21. The first-order valence-electron chi connectivity index (χ1n) is 15.0. The normalized spacial score (nSPS) is 17.2. The molecule has 2 fully saturated rings. The van der Waals surface area contributed by atoms with Crippen LogP contribution in [0.25, 0.3) is 21.9 Å². The van der Waals surface area contributed by atoms with E-state index >= 15 is 0 Å². The molecule has 2 aliphatic rings. The average Bonchev–Trinajstić information content (AvgIpc) is 3.51. The van der Waals surface area contributed by atoms with Crippen LogP contribution in [0.2, 0.25) is 0 Å². The largest absolute Gasteiger partial charge is 0.451 e. The second-order valence-corrected chi connectivity index (χ2v) is 11.5. The van der Waals surface area contributed by atoms with Crippen molar-refractivity contribution in [2.45, 2.75) is 63.8 Å². The molecule has 7 heteroatoms. The summed E-state index contributed by atoms with van der Waals surface area (Å²) in [5.74, 6) is 0.328. The van der Waals surface area contributed by atoms with E-state index in [2.05, 4.69) is 44.5 Å². The Bertz CT molecular complexity index is 1500. The first kappa shape index (κ1) is 26.5. The number of nitrogens with one attached hydrogen (secondary N) is 2. The number of aromatic nitrogens is 1. The summed E-state index contributed by atoms with van der Waals surface area (Å²) in [7, 11) is 0. The molecule has 0 unspecified atom stereocenters. The third kappa shape index (κ3) is 6.03. The average molecular weight is 538 g/mol. The van der Waals surface area contributed by atoms with E-state index in [4.69, 9.17) is 4.42 Å². The van der Waals surface area contributed by atoms with Crippen molar-refractivity contribution in [1.29, 1.82) is 5.26 Å². The lowest BCUT2D eigenvalue weighted by Crippen LogP contribution is -2.46. The van der Waals surface area contributed by atoms with Gasteiger partial charge < -0.3 is 19.6 Å².